The summed E-state index contributed by atoms with van der Waals surface area (Å²) >= 11 is 0. The molecule has 0 aromatic carbocycles. The maximum absolute atomic E-state index is 14.1. The Morgan fingerprint density at radius 1 is 1.14 bits per heavy atom. The smallest absolute Gasteiger partial charge is 0.358 e. The van der Waals surface area contributed by atoms with Crippen LogP contribution in [0.1, 0.15) is 53.3 Å². The maximum Gasteiger partial charge on any atom is 0.358 e. The number of rotatable bonds is 3. The van der Waals surface area contributed by atoms with Gasteiger partial charge in [-0.25, -0.2) is 4.39 Å². The topological polar surface area (TPSA) is 64.5 Å². The molecule has 0 heterocycles. The van der Waals surface area contributed by atoms with Crippen molar-refractivity contribution in [2.24, 2.45) is 17.8 Å². The molecule has 0 radical (unpaired) electrons. The highest BCUT2D eigenvalue weighted by atomic mass is 19.3. The zero-order chi connectivity index (χ0) is 14.8. The molecule has 0 aromatic rings. The van der Waals surface area contributed by atoms with Crippen molar-refractivity contribution in [2.75, 3.05) is 0 Å². The first-order valence-electron chi connectivity index (χ1n) is 7.51. The monoisotopic (exact) mass is 309 g/mol. The third-order valence-corrected chi connectivity index (χ3v) is 4.71. The fourth-order valence-electron chi connectivity index (χ4n) is 3.25. The lowest BCUT2D eigenvalue weighted by Gasteiger charge is -2.36. The predicted molar refractivity (Wildman–Crippen MR) is 74.5 cm³/mol. The minimum Gasteiger partial charge on any atom is -0.412 e. The molecule has 3 nitrogen and oxygen atoms in total. The second-order valence-electron chi connectivity index (χ2n) is 6.32. The molecule has 6 heteroatoms. The van der Waals surface area contributed by atoms with Gasteiger partial charge in [0.1, 0.15) is 6.17 Å². The molecule has 0 spiro atoms. The summed E-state index contributed by atoms with van der Waals surface area (Å²) in [6.07, 6.45) is -2.16. The van der Waals surface area contributed by atoms with E-state index in [1.54, 1.807) is 0 Å². The number of halogens is 3. The van der Waals surface area contributed by atoms with Gasteiger partial charge in [0.15, 0.2) is 0 Å². The van der Waals surface area contributed by atoms with Gasteiger partial charge in [0, 0.05) is 7.85 Å². The Labute approximate surface area is 125 Å². The Morgan fingerprint density at radius 2 is 1.76 bits per heavy atom. The van der Waals surface area contributed by atoms with Crippen LogP contribution in [0.2, 0.25) is 0 Å². The SMILES string of the molecule is CC1CCC(C(F)(F)OC2CCC(C#N)C(F)C2)CC1.O.[HH]. The van der Waals surface area contributed by atoms with Crippen molar-refractivity contribution in [2.45, 2.75) is 70.3 Å². The van der Waals surface area contributed by atoms with Gasteiger partial charge < -0.3 is 10.2 Å². The van der Waals surface area contributed by atoms with Crippen molar-refractivity contribution in [3.05, 3.63) is 0 Å². The highest BCUT2D eigenvalue weighted by Gasteiger charge is 2.45. The normalized spacial score (nSPS) is 37.4. The van der Waals surface area contributed by atoms with E-state index in [-0.39, 0.29) is 13.3 Å². The number of hydrogen-bond acceptors (Lipinski definition) is 2. The van der Waals surface area contributed by atoms with Gasteiger partial charge in [0.2, 0.25) is 0 Å². The summed E-state index contributed by atoms with van der Waals surface area (Å²) in [4.78, 5) is 0. The maximum atomic E-state index is 14.1. The minimum atomic E-state index is -3.16. The Balaban J connectivity index is 0.00000220. The molecule has 124 valence electrons. The van der Waals surface area contributed by atoms with Crippen LogP contribution in [-0.2, 0) is 4.74 Å². The summed E-state index contributed by atoms with van der Waals surface area (Å²) in [6.45, 7) is 2.08. The molecular formula is C15H26F3NO2. The molecule has 2 saturated carbocycles. The molecule has 0 bridgehead atoms. The second-order valence-corrected chi connectivity index (χ2v) is 6.32. The van der Waals surface area contributed by atoms with Crippen LogP contribution in [0.25, 0.3) is 0 Å². The number of nitrogens with zero attached hydrogens (tertiary/aromatic N) is 1. The molecule has 0 aliphatic heterocycles. The lowest BCUT2D eigenvalue weighted by molar-refractivity contribution is -0.303. The van der Waals surface area contributed by atoms with Crippen molar-refractivity contribution >= 4 is 0 Å². The van der Waals surface area contributed by atoms with Crippen LogP contribution in [-0.4, -0.2) is 23.9 Å². The second kappa shape index (κ2) is 7.46. The molecule has 2 N–H and O–H groups in total. The van der Waals surface area contributed by atoms with E-state index in [0.29, 0.717) is 31.6 Å². The quantitative estimate of drug-likeness (QED) is 0.794. The van der Waals surface area contributed by atoms with Gasteiger partial charge in [0.25, 0.3) is 0 Å². The highest BCUT2D eigenvalue weighted by Crippen LogP contribution is 2.41. The zero-order valence-electron chi connectivity index (χ0n) is 12.3. The molecule has 2 aliphatic rings. The molecule has 0 aromatic heterocycles. The fourth-order valence-corrected chi connectivity index (χ4v) is 3.25. The van der Waals surface area contributed by atoms with Crippen LogP contribution in [0, 0.1) is 29.1 Å². The Morgan fingerprint density at radius 3 is 2.29 bits per heavy atom. The van der Waals surface area contributed by atoms with Crippen LogP contribution in [0.3, 0.4) is 0 Å². The van der Waals surface area contributed by atoms with Crippen LogP contribution in [0.4, 0.5) is 13.2 Å². The molecule has 0 amide bonds. The van der Waals surface area contributed by atoms with Crippen LogP contribution >= 0.6 is 0 Å². The third-order valence-electron chi connectivity index (χ3n) is 4.71. The van der Waals surface area contributed by atoms with Gasteiger partial charge in [-0.05, 0) is 31.6 Å². The van der Waals surface area contributed by atoms with Gasteiger partial charge >= 0.3 is 6.11 Å². The standard InChI is InChI=1S/C15H22F3NO.H2O.H2/c1-10-2-5-12(6-3-10)15(17,18)20-13-7-4-11(9-19)14(16)8-13;;/h10-14H,2-8H2,1H3;1H2;1H. The summed E-state index contributed by atoms with van der Waals surface area (Å²) in [7, 11) is 0. The average Bonchev–Trinajstić information content (AvgIpc) is 2.39. The van der Waals surface area contributed by atoms with Gasteiger partial charge in [-0.15, -0.1) is 0 Å². The average molecular weight is 309 g/mol. The molecule has 2 fully saturated rings. The van der Waals surface area contributed by atoms with Gasteiger partial charge in [-0.3, -0.25) is 0 Å². The summed E-state index contributed by atoms with van der Waals surface area (Å²) in [6, 6.07) is 1.89. The van der Waals surface area contributed by atoms with E-state index in [0.717, 1.165) is 12.8 Å². The molecular weight excluding hydrogens is 283 g/mol. The molecule has 3 atom stereocenters. The number of alkyl halides is 3. The van der Waals surface area contributed by atoms with E-state index in [1.807, 2.05) is 6.07 Å². The van der Waals surface area contributed by atoms with Crippen molar-refractivity contribution < 1.29 is 24.8 Å². The Bertz CT molecular complexity index is 370. The van der Waals surface area contributed by atoms with Crippen LogP contribution in [0.5, 0.6) is 0 Å². The number of nitriles is 1. The van der Waals surface area contributed by atoms with Gasteiger partial charge in [-0.1, -0.05) is 19.8 Å². The number of hydrogen-bond donors (Lipinski definition) is 0. The summed E-state index contributed by atoms with van der Waals surface area (Å²) in [5, 5.41) is 8.73. The first kappa shape index (κ1) is 18.2. The fraction of sp³-hybridized carbons (Fsp3) is 0.933. The highest BCUT2D eigenvalue weighted by molar-refractivity contribution is 4.94. The van der Waals surface area contributed by atoms with Crippen molar-refractivity contribution in [1.29, 1.82) is 5.26 Å². The van der Waals surface area contributed by atoms with E-state index >= 15 is 0 Å². The molecule has 2 rings (SSSR count). The summed E-state index contributed by atoms with van der Waals surface area (Å²) < 4.78 is 46.8. The lowest BCUT2D eigenvalue weighted by Crippen LogP contribution is -2.40. The van der Waals surface area contributed by atoms with E-state index in [4.69, 9.17) is 10.00 Å². The molecule has 2 aliphatic carbocycles. The van der Waals surface area contributed by atoms with Gasteiger partial charge in [-0.2, -0.15) is 14.0 Å². The summed E-state index contributed by atoms with van der Waals surface area (Å²) in [5.41, 5.74) is 0. The van der Waals surface area contributed by atoms with Crippen molar-refractivity contribution in [3.63, 3.8) is 0 Å². The van der Waals surface area contributed by atoms with E-state index in [9.17, 15) is 13.2 Å². The largest absolute Gasteiger partial charge is 0.412 e. The first-order valence-corrected chi connectivity index (χ1v) is 7.51. The zero-order valence-corrected chi connectivity index (χ0v) is 12.3. The summed E-state index contributed by atoms with van der Waals surface area (Å²) in [5.74, 6) is -0.909. The van der Waals surface area contributed by atoms with Crippen molar-refractivity contribution in [1.82, 2.24) is 0 Å². The lowest BCUT2D eigenvalue weighted by atomic mass is 9.82. The number of ether oxygens (including phenoxy) is 1. The van der Waals surface area contributed by atoms with Crippen molar-refractivity contribution in [3.8, 4) is 6.07 Å². The predicted octanol–water partition coefficient (Wildman–Crippen LogP) is 3.87. The third kappa shape index (κ3) is 4.58. The molecule has 0 saturated heterocycles. The van der Waals surface area contributed by atoms with E-state index in [1.165, 1.54) is 0 Å². The van der Waals surface area contributed by atoms with Gasteiger partial charge in [0.05, 0.1) is 24.0 Å². The van der Waals surface area contributed by atoms with E-state index < -0.39 is 30.2 Å². The first-order chi connectivity index (χ1) is 9.42. The molecule has 21 heavy (non-hydrogen) atoms. The van der Waals surface area contributed by atoms with Crippen LogP contribution < -0.4 is 0 Å². The minimum absolute atomic E-state index is 0. The van der Waals surface area contributed by atoms with E-state index in [2.05, 4.69) is 6.92 Å². The van der Waals surface area contributed by atoms with Crippen LogP contribution in [0.15, 0.2) is 0 Å². The Hall–Kier alpha value is -0.800. The Kier molecular flexibility index (Phi) is 6.48. The molecule has 3 unspecified atom stereocenters.